The van der Waals surface area contributed by atoms with Gasteiger partial charge in [0.15, 0.2) is 24.8 Å². The van der Waals surface area contributed by atoms with E-state index in [1.165, 1.54) is 38.3 Å². The van der Waals surface area contributed by atoms with Crippen molar-refractivity contribution in [1.82, 2.24) is 19.5 Å². The lowest BCUT2D eigenvalue weighted by atomic mass is 9.67. The highest BCUT2D eigenvalue weighted by Crippen LogP contribution is 2.36. The Morgan fingerprint density at radius 3 is 1.80 bits per heavy atom. The van der Waals surface area contributed by atoms with Crippen LogP contribution in [0, 0.1) is 0 Å². The lowest BCUT2D eigenvalue weighted by Gasteiger charge is -2.13. The van der Waals surface area contributed by atoms with Gasteiger partial charge in [-0.25, -0.2) is 15.0 Å². The van der Waals surface area contributed by atoms with Crippen molar-refractivity contribution >= 4 is 40.0 Å². The van der Waals surface area contributed by atoms with E-state index in [1.54, 1.807) is 0 Å². The quantitative estimate of drug-likeness (QED) is 0.177. The Balaban J connectivity index is 1.16. The molecular formula is C45H28BN4. The van der Waals surface area contributed by atoms with Gasteiger partial charge in [0.05, 0.1) is 5.52 Å². The van der Waals surface area contributed by atoms with Gasteiger partial charge in [0.2, 0.25) is 0 Å². The van der Waals surface area contributed by atoms with Crippen LogP contribution in [0.3, 0.4) is 0 Å². The minimum absolute atomic E-state index is 0.630. The maximum Gasteiger partial charge on any atom is 0.195 e. The monoisotopic (exact) mass is 635 g/mol. The zero-order valence-corrected chi connectivity index (χ0v) is 27.0. The number of fused-ring (bicyclic) bond motifs is 7. The van der Waals surface area contributed by atoms with Gasteiger partial charge < -0.3 is 4.57 Å². The van der Waals surface area contributed by atoms with E-state index in [0.29, 0.717) is 17.5 Å². The van der Waals surface area contributed by atoms with E-state index in [2.05, 4.69) is 145 Å². The second kappa shape index (κ2) is 11.5. The van der Waals surface area contributed by atoms with Crippen molar-refractivity contribution in [2.75, 3.05) is 0 Å². The first-order valence-corrected chi connectivity index (χ1v) is 16.9. The van der Waals surface area contributed by atoms with Crippen molar-refractivity contribution in [3.63, 3.8) is 0 Å². The van der Waals surface area contributed by atoms with Gasteiger partial charge in [-0.15, -0.1) is 0 Å². The molecule has 2 aromatic heterocycles. The van der Waals surface area contributed by atoms with Crippen molar-refractivity contribution in [2.45, 2.75) is 0 Å². The van der Waals surface area contributed by atoms with Crippen LogP contribution in [0.2, 0.25) is 0 Å². The molecule has 7 aromatic carbocycles. The maximum absolute atomic E-state index is 5.13. The molecule has 0 spiro atoms. The summed E-state index contributed by atoms with van der Waals surface area (Å²) >= 11 is 0. The minimum atomic E-state index is 0.630. The van der Waals surface area contributed by atoms with Crippen LogP contribution in [-0.4, -0.2) is 26.8 Å². The van der Waals surface area contributed by atoms with Crippen molar-refractivity contribution in [1.29, 1.82) is 0 Å². The Morgan fingerprint density at radius 1 is 0.400 bits per heavy atom. The molecule has 0 saturated carbocycles. The highest BCUT2D eigenvalue weighted by atomic mass is 15.0. The van der Waals surface area contributed by atoms with Crippen molar-refractivity contribution in [3.05, 3.63) is 170 Å². The molecule has 0 N–H and O–H groups in total. The third-order valence-electron chi connectivity index (χ3n) is 9.68. The molecule has 0 amide bonds. The van der Waals surface area contributed by atoms with Crippen LogP contribution in [0.1, 0.15) is 0 Å². The van der Waals surface area contributed by atoms with Crippen LogP contribution in [0.5, 0.6) is 0 Å². The van der Waals surface area contributed by atoms with Crippen LogP contribution < -0.4 is 10.9 Å². The fourth-order valence-corrected chi connectivity index (χ4v) is 7.36. The molecule has 1 radical (unpaired) electrons. The lowest BCUT2D eigenvalue weighted by Crippen LogP contribution is -2.22. The fraction of sp³-hybridized carbons (Fsp3) is 0. The molecule has 5 heteroatoms. The Bertz CT molecular complexity index is 2730. The number of para-hydroxylation sites is 1. The number of hydrogen-bond acceptors (Lipinski definition) is 3. The van der Waals surface area contributed by atoms with E-state index in [-0.39, 0.29) is 0 Å². The summed E-state index contributed by atoms with van der Waals surface area (Å²) in [6, 6.07) is 59.5. The second-order valence-corrected chi connectivity index (χ2v) is 12.7. The predicted molar refractivity (Wildman–Crippen MR) is 206 cm³/mol. The van der Waals surface area contributed by atoms with Crippen molar-refractivity contribution in [3.8, 4) is 62.1 Å². The van der Waals surface area contributed by atoms with E-state index < -0.39 is 0 Å². The van der Waals surface area contributed by atoms with Gasteiger partial charge in [0.1, 0.15) is 0 Å². The van der Waals surface area contributed by atoms with Gasteiger partial charge >= 0.3 is 0 Å². The van der Waals surface area contributed by atoms with E-state index in [1.807, 2.05) is 36.4 Å². The standard InChI is InChI=1S/C45H28BN4/c1-3-13-29(14-4-1)31-17-11-18-32(27-31)44-47-43(30-15-5-2-6-16-30)48-45(49-44)33-19-12-20-34(28-33)50-40-24-10-8-22-36(40)38-26-25-37-35-21-7-9-23-39(35)46-41(37)42(38)50/h1-28H. The molecular weight excluding hydrogens is 607 g/mol. The second-order valence-electron chi connectivity index (χ2n) is 12.7. The number of nitrogens with zero attached hydrogens (tertiary/aromatic N) is 4. The van der Waals surface area contributed by atoms with Gasteiger partial charge in [-0.05, 0) is 52.0 Å². The summed E-state index contributed by atoms with van der Waals surface area (Å²) in [6.07, 6.45) is 0. The molecule has 0 saturated heterocycles. The Hall–Kier alpha value is -6.59. The van der Waals surface area contributed by atoms with Crippen LogP contribution in [-0.2, 0) is 0 Å². The highest BCUT2D eigenvalue weighted by Gasteiger charge is 2.25. The minimum Gasteiger partial charge on any atom is -0.310 e. The van der Waals surface area contributed by atoms with Gasteiger partial charge in [0.25, 0.3) is 0 Å². The largest absolute Gasteiger partial charge is 0.310 e. The van der Waals surface area contributed by atoms with Crippen LogP contribution in [0.25, 0.3) is 83.9 Å². The normalized spacial score (nSPS) is 11.8. The van der Waals surface area contributed by atoms with Crippen molar-refractivity contribution in [2.24, 2.45) is 0 Å². The number of hydrogen-bond donors (Lipinski definition) is 0. The van der Waals surface area contributed by atoms with Crippen LogP contribution in [0.15, 0.2) is 170 Å². The summed E-state index contributed by atoms with van der Waals surface area (Å²) in [5.74, 6) is 1.91. The van der Waals surface area contributed by atoms with Crippen molar-refractivity contribution < 1.29 is 0 Å². The molecule has 10 rings (SSSR count). The van der Waals surface area contributed by atoms with Gasteiger partial charge in [-0.3, -0.25) is 0 Å². The summed E-state index contributed by atoms with van der Waals surface area (Å²) in [5.41, 5.74) is 13.5. The third kappa shape index (κ3) is 4.67. The van der Waals surface area contributed by atoms with E-state index in [9.17, 15) is 0 Å². The van der Waals surface area contributed by atoms with Crippen LogP contribution in [0.4, 0.5) is 0 Å². The molecule has 3 heterocycles. The first-order chi connectivity index (χ1) is 24.8. The summed E-state index contributed by atoms with van der Waals surface area (Å²) in [6.45, 7) is 0. The molecule has 0 fully saturated rings. The first-order valence-electron chi connectivity index (χ1n) is 16.9. The number of aromatic nitrogens is 4. The molecule has 9 aromatic rings. The average molecular weight is 636 g/mol. The third-order valence-corrected chi connectivity index (χ3v) is 9.68. The molecule has 1 aliphatic heterocycles. The van der Waals surface area contributed by atoms with E-state index in [4.69, 9.17) is 15.0 Å². The maximum atomic E-state index is 5.13. The van der Waals surface area contributed by atoms with Gasteiger partial charge in [-0.1, -0.05) is 151 Å². The molecule has 50 heavy (non-hydrogen) atoms. The van der Waals surface area contributed by atoms with E-state index >= 15 is 0 Å². The molecule has 0 unspecified atom stereocenters. The predicted octanol–water partition coefficient (Wildman–Crippen LogP) is 9.27. The lowest BCUT2D eigenvalue weighted by molar-refractivity contribution is 1.07. The zero-order chi connectivity index (χ0) is 33.0. The average Bonchev–Trinajstić information content (AvgIpc) is 3.75. The molecule has 231 valence electrons. The van der Waals surface area contributed by atoms with E-state index in [0.717, 1.165) is 39.0 Å². The number of benzene rings is 7. The summed E-state index contributed by atoms with van der Waals surface area (Å²) in [5, 5.41) is 2.47. The summed E-state index contributed by atoms with van der Waals surface area (Å²) in [7, 11) is 2.33. The molecule has 0 atom stereocenters. The number of rotatable bonds is 5. The van der Waals surface area contributed by atoms with Crippen LogP contribution >= 0.6 is 0 Å². The molecule has 4 nitrogen and oxygen atoms in total. The smallest absolute Gasteiger partial charge is 0.195 e. The zero-order valence-electron chi connectivity index (χ0n) is 27.0. The Morgan fingerprint density at radius 2 is 1.00 bits per heavy atom. The van der Waals surface area contributed by atoms with Gasteiger partial charge in [-0.2, -0.15) is 0 Å². The SMILES string of the molecule is [B]1c2ccccc2-c2ccc3c4ccccc4n(-c4cccc(-c5nc(-c6ccccc6)nc(-c6cccc(-c7ccccc7)c6)n5)c4)c3c21. The first kappa shape index (κ1) is 28.4. The molecule has 0 bridgehead atoms. The summed E-state index contributed by atoms with van der Waals surface area (Å²) in [4.78, 5) is 15.2. The molecule has 1 aliphatic rings. The fourth-order valence-electron chi connectivity index (χ4n) is 7.36. The van der Waals surface area contributed by atoms with Gasteiger partial charge in [0, 0.05) is 38.7 Å². The Labute approximate surface area is 290 Å². The highest BCUT2D eigenvalue weighted by molar-refractivity contribution is 6.75. The topological polar surface area (TPSA) is 43.6 Å². The molecule has 0 aliphatic carbocycles. The Kier molecular flexibility index (Phi) is 6.56. The summed E-state index contributed by atoms with van der Waals surface area (Å²) < 4.78 is 2.40.